The van der Waals surface area contributed by atoms with Gasteiger partial charge in [0, 0.05) is 6.42 Å². The molecule has 8 unspecified atom stereocenters. The van der Waals surface area contributed by atoms with E-state index in [4.69, 9.17) is 14.2 Å². The summed E-state index contributed by atoms with van der Waals surface area (Å²) >= 11 is 0. The van der Waals surface area contributed by atoms with Crippen molar-refractivity contribution in [3.8, 4) is 0 Å². The molecule has 1 fully saturated rings. The van der Waals surface area contributed by atoms with Crippen LogP contribution in [0.5, 0.6) is 0 Å². The number of aliphatic hydroxyl groups excluding tert-OH is 5. The number of amides is 1. The second kappa shape index (κ2) is 49.2. The van der Waals surface area contributed by atoms with Crippen molar-refractivity contribution in [1.29, 1.82) is 0 Å². The molecule has 8 atom stereocenters. The molecule has 0 radical (unpaired) electrons. The number of rotatable bonds is 49. The van der Waals surface area contributed by atoms with Gasteiger partial charge in [0.1, 0.15) is 24.4 Å². The van der Waals surface area contributed by atoms with E-state index in [2.05, 4.69) is 74.7 Å². The van der Waals surface area contributed by atoms with Crippen LogP contribution in [0.3, 0.4) is 0 Å². The standard InChI is InChI=1S/C61H109NO10/c1-4-7-10-13-16-19-22-25-27-28-29-31-34-37-40-43-46-49-56(66)72-59-58(68)57(67)55(50-63)71-61(59)70-51-52(53(64)47-44-41-38-35-32-24-21-18-15-12-9-6-3)62-60(69)54(65)48-45-42-39-36-33-30-26-23-20-17-14-11-8-5-2/h16,19-20,23,25,27,29,31,44,47,52-55,57-59,61,63-65,67-68H,4-15,17-18,21-22,24,26,28,30,32-43,45-46,48-51H2,1-3H3,(H,62,69)/b19-16-,23-20-,27-25-,31-29-,47-44+. The van der Waals surface area contributed by atoms with Crippen LogP contribution in [0, 0.1) is 0 Å². The molecular weight excluding hydrogens is 907 g/mol. The second-order valence-electron chi connectivity index (χ2n) is 20.4. The molecule has 1 saturated heterocycles. The second-order valence-corrected chi connectivity index (χ2v) is 20.4. The van der Waals surface area contributed by atoms with Crippen LogP contribution in [0.1, 0.15) is 252 Å². The quantitative estimate of drug-likeness (QED) is 0.0195. The molecule has 1 aliphatic rings. The molecule has 0 saturated carbocycles. The van der Waals surface area contributed by atoms with Crippen LogP contribution in [0.15, 0.2) is 60.8 Å². The molecule has 11 heteroatoms. The van der Waals surface area contributed by atoms with E-state index >= 15 is 0 Å². The van der Waals surface area contributed by atoms with Crippen LogP contribution >= 0.6 is 0 Å². The van der Waals surface area contributed by atoms with Crippen LogP contribution in [-0.4, -0.2) is 99.6 Å². The molecule has 418 valence electrons. The first-order valence-electron chi connectivity index (χ1n) is 29.6. The van der Waals surface area contributed by atoms with Crippen molar-refractivity contribution in [2.24, 2.45) is 0 Å². The smallest absolute Gasteiger partial charge is 0.306 e. The lowest BCUT2D eigenvalue weighted by molar-refractivity contribution is -0.305. The molecule has 0 bridgehead atoms. The zero-order chi connectivity index (χ0) is 52.5. The maximum atomic E-state index is 13.4. The van der Waals surface area contributed by atoms with Crippen molar-refractivity contribution in [2.45, 2.75) is 301 Å². The molecule has 11 nitrogen and oxygen atoms in total. The van der Waals surface area contributed by atoms with E-state index in [1.54, 1.807) is 6.08 Å². The number of carbonyl (C=O) groups is 2. The van der Waals surface area contributed by atoms with Crippen LogP contribution in [0.2, 0.25) is 0 Å². The molecule has 1 amide bonds. The first-order valence-corrected chi connectivity index (χ1v) is 29.6. The summed E-state index contributed by atoms with van der Waals surface area (Å²) in [6.07, 6.45) is 49.7. The van der Waals surface area contributed by atoms with E-state index in [1.165, 1.54) is 109 Å². The fourth-order valence-electron chi connectivity index (χ4n) is 8.89. The molecule has 0 spiro atoms. The summed E-state index contributed by atoms with van der Waals surface area (Å²) in [6, 6.07) is -1.03. The number of nitrogens with one attached hydrogen (secondary N) is 1. The van der Waals surface area contributed by atoms with Gasteiger partial charge in [-0.05, 0) is 89.9 Å². The van der Waals surface area contributed by atoms with Gasteiger partial charge < -0.3 is 45.1 Å². The van der Waals surface area contributed by atoms with Gasteiger partial charge in [-0.25, -0.2) is 0 Å². The van der Waals surface area contributed by atoms with Gasteiger partial charge in [0.15, 0.2) is 12.4 Å². The molecule has 0 aromatic rings. The Morgan fingerprint density at radius 2 is 0.958 bits per heavy atom. The van der Waals surface area contributed by atoms with E-state index in [0.717, 1.165) is 96.3 Å². The third kappa shape index (κ3) is 37.1. The fourth-order valence-corrected chi connectivity index (χ4v) is 8.89. The van der Waals surface area contributed by atoms with E-state index in [9.17, 15) is 35.1 Å². The molecule has 1 rings (SSSR count). The van der Waals surface area contributed by atoms with E-state index in [1.807, 2.05) is 6.08 Å². The van der Waals surface area contributed by atoms with Gasteiger partial charge in [-0.3, -0.25) is 9.59 Å². The van der Waals surface area contributed by atoms with Gasteiger partial charge in [0.05, 0.1) is 25.4 Å². The summed E-state index contributed by atoms with van der Waals surface area (Å²) < 4.78 is 17.6. The van der Waals surface area contributed by atoms with E-state index < -0.39 is 67.4 Å². The zero-order valence-electron chi connectivity index (χ0n) is 46.0. The number of esters is 1. The number of hydrogen-bond acceptors (Lipinski definition) is 10. The van der Waals surface area contributed by atoms with Gasteiger partial charge in [-0.1, -0.05) is 216 Å². The normalized spacial score (nSPS) is 19.9. The molecule has 0 aromatic carbocycles. The minimum atomic E-state index is -1.62. The maximum absolute atomic E-state index is 13.4. The predicted molar refractivity (Wildman–Crippen MR) is 296 cm³/mol. The lowest BCUT2D eigenvalue weighted by Crippen LogP contribution is -2.61. The topological polar surface area (TPSA) is 175 Å². The van der Waals surface area contributed by atoms with Crippen LogP contribution in [-0.2, 0) is 23.8 Å². The Morgan fingerprint density at radius 1 is 0.542 bits per heavy atom. The summed E-state index contributed by atoms with van der Waals surface area (Å²) in [7, 11) is 0. The molecule has 1 aliphatic heterocycles. The number of unbranched alkanes of at least 4 members (excludes halogenated alkanes) is 27. The number of carbonyl (C=O) groups excluding carboxylic acids is 2. The third-order valence-electron chi connectivity index (χ3n) is 13.6. The summed E-state index contributed by atoms with van der Waals surface area (Å²) in [5.74, 6) is -1.22. The molecule has 0 aromatic heterocycles. The fraction of sp³-hybridized carbons (Fsp3) is 0.803. The lowest BCUT2D eigenvalue weighted by Gasteiger charge is -2.41. The molecule has 1 heterocycles. The van der Waals surface area contributed by atoms with Gasteiger partial charge in [0.25, 0.3) is 0 Å². The summed E-state index contributed by atoms with van der Waals surface area (Å²) in [5.41, 5.74) is 0. The maximum Gasteiger partial charge on any atom is 0.306 e. The lowest BCUT2D eigenvalue weighted by atomic mass is 9.99. The van der Waals surface area contributed by atoms with Crippen molar-refractivity contribution < 1.29 is 49.3 Å². The molecule has 0 aliphatic carbocycles. The predicted octanol–water partition coefficient (Wildman–Crippen LogP) is 13.4. The first-order chi connectivity index (χ1) is 35.2. The average Bonchev–Trinajstić information content (AvgIpc) is 3.38. The van der Waals surface area contributed by atoms with Crippen molar-refractivity contribution in [3.05, 3.63) is 60.8 Å². The van der Waals surface area contributed by atoms with Gasteiger partial charge in [-0.2, -0.15) is 0 Å². The third-order valence-corrected chi connectivity index (χ3v) is 13.6. The largest absolute Gasteiger partial charge is 0.454 e. The van der Waals surface area contributed by atoms with Crippen molar-refractivity contribution in [3.63, 3.8) is 0 Å². The number of hydrogen-bond donors (Lipinski definition) is 6. The van der Waals surface area contributed by atoms with Crippen LogP contribution < -0.4 is 5.32 Å². The number of allylic oxidation sites excluding steroid dienone is 9. The van der Waals surface area contributed by atoms with Crippen LogP contribution in [0.4, 0.5) is 0 Å². The first kappa shape index (κ1) is 67.4. The Kier molecular flexibility index (Phi) is 46.1. The molecule has 72 heavy (non-hydrogen) atoms. The van der Waals surface area contributed by atoms with Gasteiger partial charge >= 0.3 is 5.97 Å². The van der Waals surface area contributed by atoms with Crippen LogP contribution in [0.25, 0.3) is 0 Å². The molecule has 6 N–H and O–H groups in total. The SMILES string of the molecule is CCCCC/C=C\C/C=C\C/C=C\CCCCCCC(=O)OC1C(OCC(NC(=O)C(O)CCCCCCCC/C=C\CCCCCC)C(O)/C=C/CCCCCCCCCCCC)OC(CO)C(O)C1O. The Hall–Kier alpha value is -2.64. The minimum absolute atomic E-state index is 0.0964. The minimum Gasteiger partial charge on any atom is -0.454 e. The number of ether oxygens (including phenoxy) is 3. The summed E-state index contributed by atoms with van der Waals surface area (Å²) in [4.78, 5) is 26.5. The Labute approximate surface area is 439 Å². The highest BCUT2D eigenvalue weighted by Gasteiger charge is 2.47. The highest BCUT2D eigenvalue weighted by Crippen LogP contribution is 2.26. The van der Waals surface area contributed by atoms with Gasteiger partial charge in [0.2, 0.25) is 5.91 Å². The summed E-state index contributed by atoms with van der Waals surface area (Å²) in [5, 5.41) is 56.8. The zero-order valence-corrected chi connectivity index (χ0v) is 46.0. The van der Waals surface area contributed by atoms with Crippen molar-refractivity contribution >= 4 is 11.9 Å². The Balaban J connectivity index is 2.74. The van der Waals surface area contributed by atoms with E-state index in [0.29, 0.717) is 12.8 Å². The highest BCUT2D eigenvalue weighted by molar-refractivity contribution is 5.80. The van der Waals surface area contributed by atoms with Crippen molar-refractivity contribution in [1.82, 2.24) is 5.32 Å². The summed E-state index contributed by atoms with van der Waals surface area (Å²) in [6.45, 7) is 5.72. The molecular formula is C61H109NO10. The number of aliphatic hydroxyl groups is 5. The highest BCUT2D eigenvalue weighted by atomic mass is 16.7. The van der Waals surface area contributed by atoms with Gasteiger partial charge in [-0.15, -0.1) is 0 Å². The van der Waals surface area contributed by atoms with Crippen molar-refractivity contribution in [2.75, 3.05) is 13.2 Å². The average molecular weight is 1020 g/mol. The Bertz CT molecular complexity index is 1400. The Morgan fingerprint density at radius 3 is 1.49 bits per heavy atom. The monoisotopic (exact) mass is 1020 g/mol. The van der Waals surface area contributed by atoms with E-state index in [-0.39, 0.29) is 19.4 Å².